The molecule has 0 unspecified atom stereocenters. The highest BCUT2D eigenvalue weighted by atomic mass is 32.2. The van der Waals surface area contributed by atoms with E-state index in [1.165, 1.54) is 11.1 Å². The van der Waals surface area contributed by atoms with Crippen molar-refractivity contribution < 1.29 is 14.3 Å². The maximum Gasteiger partial charge on any atom is 0.255 e. The van der Waals surface area contributed by atoms with E-state index in [1.54, 1.807) is 44.2 Å². The van der Waals surface area contributed by atoms with Gasteiger partial charge in [0.15, 0.2) is 0 Å². The molecular formula is C19H23NO3S. The van der Waals surface area contributed by atoms with E-state index in [0.717, 1.165) is 11.5 Å². The molecule has 24 heavy (non-hydrogen) atoms. The Morgan fingerprint density at radius 2 is 1.83 bits per heavy atom. The summed E-state index contributed by atoms with van der Waals surface area (Å²) in [6.07, 6.45) is 0. The highest BCUT2D eigenvalue weighted by Crippen LogP contribution is 2.24. The van der Waals surface area contributed by atoms with Gasteiger partial charge >= 0.3 is 0 Å². The van der Waals surface area contributed by atoms with Gasteiger partial charge in [0.05, 0.1) is 19.8 Å². The van der Waals surface area contributed by atoms with Gasteiger partial charge in [0.1, 0.15) is 11.5 Å². The third-order valence-corrected chi connectivity index (χ3v) is 4.60. The maximum atomic E-state index is 12.3. The Bertz CT molecular complexity index is 671. The van der Waals surface area contributed by atoms with Crippen LogP contribution >= 0.6 is 11.8 Å². The second kappa shape index (κ2) is 9.23. The molecule has 0 aliphatic rings. The maximum absolute atomic E-state index is 12.3. The molecule has 0 saturated carbocycles. The number of rotatable bonds is 8. The number of thioether (sulfide) groups is 1. The lowest BCUT2D eigenvalue weighted by Crippen LogP contribution is -2.26. The average molecular weight is 345 g/mol. The Balaban J connectivity index is 1.78. The lowest BCUT2D eigenvalue weighted by Gasteiger charge is -2.10. The van der Waals surface area contributed by atoms with Gasteiger partial charge in [0, 0.05) is 24.1 Å². The molecule has 0 fully saturated rings. The zero-order chi connectivity index (χ0) is 17.4. The van der Waals surface area contributed by atoms with Crippen LogP contribution in [0.5, 0.6) is 11.5 Å². The quantitative estimate of drug-likeness (QED) is 0.742. The van der Waals surface area contributed by atoms with Gasteiger partial charge in [-0.2, -0.15) is 11.8 Å². The molecule has 0 heterocycles. The molecule has 1 N–H and O–H groups in total. The van der Waals surface area contributed by atoms with Crippen molar-refractivity contribution in [3.8, 4) is 11.5 Å². The van der Waals surface area contributed by atoms with Crippen LogP contribution in [0.3, 0.4) is 0 Å². The SMILES string of the molecule is COc1ccc(C(=O)NCCSCc2ccc(C)cc2)c(OC)c1. The monoisotopic (exact) mass is 345 g/mol. The Hall–Kier alpha value is -2.14. The van der Waals surface area contributed by atoms with Crippen LogP contribution in [0.1, 0.15) is 21.5 Å². The number of hydrogen-bond acceptors (Lipinski definition) is 4. The van der Waals surface area contributed by atoms with E-state index in [2.05, 4.69) is 36.5 Å². The fourth-order valence-corrected chi connectivity index (χ4v) is 3.01. The molecule has 0 atom stereocenters. The summed E-state index contributed by atoms with van der Waals surface area (Å²) in [6.45, 7) is 2.70. The van der Waals surface area contributed by atoms with Crippen LogP contribution in [-0.4, -0.2) is 32.4 Å². The van der Waals surface area contributed by atoms with E-state index in [-0.39, 0.29) is 5.91 Å². The van der Waals surface area contributed by atoms with Crippen LogP contribution in [0, 0.1) is 6.92 Å². The van der Waals surface area contributed by atoms with E-state index in [1.807, 2.05) is 0 Å². The minimum atomic E-state index is -0.134. The molecule has 1 amide bonds. The first-order chi connectivity index (χ1) is 11.6. The largest absolute Gasteiger partial charge is 0.497 e. The summed E-state index contributed by atoms with van der Waals surface area (Å²) in [5.74, 6) is 2.85. The number of carbonyl (C=O) groups is 1. The summed E-state index contributed by atoms with van der Waals surface area (Å²) in [5, 5.41) is 2.93. The number of amides is 1. The number of aryl methyl sites for hydroxylation is 1. The molecule has 5 heteroatoms. The van der Waals surface area contributed by atoms with Crippen LogP contribution in [0.25, 0.3) is 0 Å². The summed E-state index contributed by atoms with van der Waals surface area (Å²) in [4.78, 5) is 12.3. The van der Waals surface area contributed by atoms with Gasteiger partial charge < -0.3 is 14.8 Å². The molecular weight excluding hydrogens is 322 g/mol. The molecule has 0 saturated heterocycles. The minimum absolute atomic E-state index is 0.134. The zero-order valence-corrected chi connectivity index (χ0v) is 15.1. The van der Waals surface area contributed by atoms with Gasteiger partial charge in [0.2, 0.25) is 0 Å². The lowest BCUT2D eigenvalue weighted by atomic mass is 10.2. The Labute approximate surface area is 147 Å². The molecule has 0 aliphatic heterocycles. The van der Waals surface area contributed by atoms with E-state index < -0.39 is 0 Å². The van der Waals surface area contributed by atoms with Crippen molar-refractivity contribution >= 4 is 17.7 Å². The second-order valence-electron chi connectivity index (χ2n) is 5.36. The number of ether oxygens (including phenoxy) is 2. The Kier molecular flexibility index (Phi) is 7.00. The van der Waals surface area contributed by atoms with E-state index in [9.17, 15) is 4.79 Å². The number of nitrogens with one attached hydrogen (secondary N) is 1. The molecule has 0 bridgehead atoms. The molecule has 0 radical (unpaired) electrons. The zero-order valence-electron chi connectivity index (χ0n) is 14.3. The second-order valence-corrected chi connectivity index (χ2v) is 6.47. The van der Waals surface area contributed by atoms with Crippen molar-refractivity contribution in [3.63, 3.8) is 0 Å². The van der Waals surface area contributed by atoms with Crippen LogP contribution in [0.15, 0.2) is 42.5 Å². The topological polar surface area (TPSA) is 47.6 Å². The van der Waals surface area contributed by atoms with Crippen molar-refractivity contribution in [1.29, 1.82) is 0 Å². The van der Waals surface area contributed by atoms with Crippen LogP contribution in [0.2, 0.25) is 0 Å². The summed E-state index contributed by atoms with van der Waals surface area (Å²) < 4.78 is 10.4. The standard InChI is InChI=1S/C19H23NO3S/c1-14-4-6-15(7-5-14)13-24-11-10-20-19(21)17-9-8-16(22-2)12-18(17)23-3/h4-9,12H,10-11,13H2,1-3H3,(H,20,21). The fraction of sp³-hybridized carbons (Fsp3) is 0.316. The third kappa shape index (κ3) is 5.20. The van der Waals surface area contributed by atoms with Gasteiger partial charge in [-0.15, -0.1) is 0 Å². The van der Waals surface area contributed by atoms with E-state index in [0.29, 0.717) is 23.6 Å². The van der Waals surface area contributed by atoms with Crippen LogP contribution < -0.4 is 14.8 Å². The molecule has 0 aromatic heterocycles. The fourth-order valence-electron chi connectivity index (χ4n) is 2.19. The van der Waals surface area contributed by atoms with Crippen LogP contribution in [0.4, 0.5) is 0 Å². The summed E-state index contributed by atoms with van der Waals surface area (Å²) in [6, 6.07) is 13.7. The highest BCUT2D eigenvalue weighted by molar-refractivity contribution is 7.98. The molecule has 128 valence electrons. The Morgan fingerprint density at radius 3 is 2.50 bits per heavy atom. The normalized spacial score (nSPS) is 10.3. The first kappa shape index (κ1) is 18.2. The average Bonchev–Trinajstić information content (AvgIpc) is 2.62. The first-order valence-corrected chi connectivity index (χ1v) is 8.93. The number of carbonyl (C=O) groups excluding carboxylic acids is 1. The number of benzene rings is 2. The van der Waals surface area contributed by atoms with Crippen molar-refractivity contribution in [2.45, 2.75) is 12.7 Å². The van der Waals surface area contributed by atoms with Gasteiger partial charge in [-0.25, -0.2) is 0 Å². The summed E-state index contributed by atoms with van der Waals surface area (Å²) in [7, 11) is 3.13. The minimum Gasteiger partial charge on any atom is -0.497 e. The van der Waals surface area contributed by atoms with Crippen molar-refractivity contribution in [3.05, 3.63) is 59.2 Å². The van der Waals surface area contributed by atoms with E-state index in [4.69, 9.17) is 9.47 Å². The van der Waals surface area contributed by atoms with Crippen molar-refractivity contribution in [1.82, 2.24) is 5.32 Å². The summed E-state index contributed by atoms with van der Waals surface area (Å²) >= 11 is 1.80. The first-order valence-electron chi connectivity index (χ1n) is 7.77. The van der Waals surface area contributed by atoms with E-state index >= 15 is 0 Å². The predicted molar refractivity (Wildman–Crippen MR) is 99.2 cm³/mol. The lowest BCUT2D eigenvalue weighted by molar-refractivity contribution is 0.0953. The van der Waals surface area contributed by atoms with Gasteiger partial charge in [-0.3, -0.25) is 4.79 Å². The summed E-state index contributed by atoms with van der Waals surface area (Å²) in [5.41, 5.74) is 3.08. The predicted octanol–water partition coefficient (Wildman–Crippen LogP) is 3.68. The smallest absolute Gasteiger partial charge is 0.255 e. The van der Waals surface area contributed by atoms with Crippen molar-refractivity contribution in [2.75, 3.05) is 26.5 Å². The molecule has 2 rings (SSSR count). The number of methoxy groups -OCH3 is 2. The van der Waals surface area contributed by atoms with Crippen molar-refractivity contribution in [2.24, 2.45) is 0 Å². The van der Waals surface area contributed by atoms with Gasteiger partial charge in [0.25, 0.3) is 5.91 Å². The van der Waals surface area contributed by atoms with Gasteiger partial charge in [-0.1, -0.05) is 29.8 Å². The molecule has 4 nitrogen and oxygen atoms in total. The highest BCUT2D eigenvalue weighted by Gasteiger charge is 2.12. The molecule has 2 aromatic carbocycles. The molecule has 0 aliphatic carbocycles. The number of hydrogen-bond donors (Lipinski definition) is 1. The third-order valence-electron chi connectivity index (χ3n) is 3.57. The Morgan fingerprint density at radius 1 is 1.08 bits per heavy atom. The molecule has 2 aromatic rings. The van der Waals surface area contributed by atoms with Crippen LogP contribution in [-0.2, 0) is 5.75 Å². The molecule has 0 spiro atoms. The van der Waals surface area contributed by atoms with Gasteiger partial charge in [-0.05, 0) is 24.6 Å².